The first-order chi connectivity index (χ1) is 8.16. The van der Waals surface area contributed by atoms with Crippen molar-refractivity contribution in [1.29, 1.82) is 0 Å². The molecule has 0 unspecified atom stereocenters. The monoisotopic (exact) mass is 272 g/mol. The number of aromatic nitrogens is 2. The van der Waals surface area contributed by atoms with Gasteiger partial charge < -0.3 is 5.11 Å². The maximum atomic E-state index is 10.9. The Morgan fingerprint density at radius 3 is 2.88 bits per heavy atom. The molecule has 1 saturated carbocycles. The molecule has 0 bridgehead atoms. The molecule has 6 heteroatoms. The van der Waals surface area contributed by atoms with Crippen molar-refractivity contribution >= 4 is 29.3 Å². The molecule has 1 aliphatic rings. The van der Waals surface area contributed by atoms with Crippen molar-refractivity contribution in [3.05, 3.63) is 22.7 Å². The average molecular weight is 273 g/mol. The Labute approximate surface area is 109 Å². The lowest BCUT2D eigenvalue weighted by Crippen LogP contribution is -2.06. The van der Waals surface area contributed by atoms with Crippen molar-refractivity contribution < 1.29 is 9.90 Å². The summed E-state index contributed by atoms with van der Waals surface area (Å²) >= 11 is 7.51. The van der Waals surface area contributed by atoms with E-state index in [9.17, 15) is 4.79 Å². The normalized spacial score (nSPS) is 16.3. The Bertz CT molecular complexity index is 422. The van der Waals surface area contributed by atoms with Gasteiger partial charge in [-0.05, 0) is 12.8 Å². The van der Waals surface area contributed by atoms with E-state index in [-0.39, 0.29) is 10.7 Å². The summed E-state index contributed by atoms with van der Waals surface area (Å²) in [5.74, 6) is 0.0930. The zero-order chi connectivity index (χ0) is 12.3. The van der Waals surface area contributed by atoms with Crippen LogP contribution in [0.2, 0.25) is 5.02 Å². The van der Waals surface area contributed by atoms with Gasteiger partial charge in [-0.3, -0.25) is 0 Å². The quantitative estimate of drug-likeness (QED) is 0.913. The van der Waals surface area contributed by atoms with Crippen molar-refractivity contribution in [3.63, 3.8) is 0 Å². The van der Waals surface area contributed by atoms with E-state index in [4.69, 9.17) is 16.7 Å². The fourth-order valence-corrected chi connectivity index (χ4v) is 3.23. The zero-order valence-corrected chi connectivity index (χ0v) is 10.8. The maximum Gasteiger partial charge on any atom is 0.356 e. The fourth-order valence-electron chi connectivity index (χ4n) is 1.87. The molecule has 0 aliphatic heterocycles. The van der Waals surface area contributed by atoms with Gasteiger partial charge in [-0.15, -0.1) is 0 Å². The molecule has 0 amide bonds. The zero-order valence-electron chi connectivity index (χ0n) is 9.23. The minimum atomic E-state index is -1.11. The number of thioether (sulfide) groups is 1. The van der Waals surface area contributed by atoms with Crippen molar-refractivity contribution in [1.82, 2.24) is 9.97 Å². The Kier molecular flexibility index (Phi) is 4.23. The number of carboxylic acids is 1. The highest BCUT2D eigenvalue weighted by Gasteiger charge is 2.17. The number of hydrogen-bond donors (Lipinski definition) is 1. The van der Waals surface area contributed by atoms with Crippen LogP contribution >= 0.6 is 23.4 Å². The van der Waals surface area contributed by atoms with Gasteiger partial charge in [0.15, 0.2) is 5.69 Å². The van der Waals surface area contributed by atoms with Gasteiger partial charge in [-0.2, -0.15) is 11.8 Å². The number of carboxylic acid groups (broad SMARTS) is 1. The van der Waals surface area contributed by atoms with Gasteiger partial charge in [0.05, 0.1) is 17.0 Å². The van der Waals surface area contributed by atoms with Crippen molar-refractivity contribution in [2.45, 2.75) is 36.7 Å². The molecule has 92 valence electrons. The molecule has 0 saturated heterocycles. The Morgan fingerprint density at radius 1 is 1.53 bits per heavy atom. The van der Waals surface area contributed by atoms with Gasteiger partial charge in [0.2, 0.25) is 0 Å². The number of rotatable bonds is 4. The summed E-state index contributed by atoms with van der Waals surface area (Å²) in [5, 5.41) is 9.65. The van der Waals surface area contributed by atoms with E-state index in [0.717, 1.165) is 0 Å². The second-order valence-corrected chi connectivity index (χ2v) is 5.70. The molecule has 1 aliphatic carbocycles. The molecule has 1 aromatic rings. The number of nitrogens with zero attached hydrogens (tertiary/aromatic N) is 2. The molecule has 0 atom stereocenters. The number of halogens is 1. The minimum Gasteiger partial charge on any atom is -0.476 e. The molecule has 17 heavy (non-hydrogen) atoms. The molecule has 4 nitrogen and oxygen atoms in total. The van der Waals surface area contributed by atoms with Crippen molar-refractivity contribution in [2.24, 2.45) is 0 Å². The summed E-state index contributed by atoms with van der Waals surface area (Å²) in [5.41, 5.74) is -0.108. The summed E-state index contributed by atoms with van der Waals surface area (Å²) in [6, 6.07) is 0. The molecule has 0 radical (unpaired) electrons. The first kappa shape index (κ1) is 12.6. The third-order valence-corrected chi connectivity index (χ3v) is 4.39. The highest BCUT2D eigenvalue weighted by atomic mass is 35.5. The Balaban J connectivity index is 2.00. The van der Waals surface area contributed by atoms with Crippen molar-refractivity contribution in [3.8, 4) is 0 Å². The topological polar surface area (TPSA) is 63.1 Å². The van der Waals surface area contributed by atoms with E-state index in [1.165, 1.54) is 31.9 Å². The highest BCUT2D eigenvalue weighted by molar-refractivity contribution is 7.99. The van der Waals surface area contributed by atoms with Crippen LogP contribution in [-0.2, 0) is 5.75 Å². The lowest BCUT2D eigenvalue weighted by molar-refractivity contribution is 0.0690. The minimum absolute atomic E-state index is 0.0899. The van der Waals surface area contributed by atoms with E-state index in [1.54, 1.807) is 11.8 Å². The third-order valence-electron chi connectivity index (χ3n) is 2.75. The van der Waals surface area contributed by atoms with Crippen LogP contribution in [0.1, 0.15) is 42.0 Å². The predicted molar refractivity (Wildman–Crippen MR) is 67.6 cm³/mol. The molecule has 1 fully saturated rings. The van der Waals surface area contributed by atoms with Crippen molar-refractivity contribution in [2.75, 3.05) is 0 Å². The lowest BCUT2D eigenvalue weighted by atomic mass is 10.4. The van der Waals surface area contributed by atoms with Crippen LogP contribution in [-0.4, -0.2) is 26.3 Å². The van der Waals surface area contributed by atoms with Gasteiger partial charge in [0.1, 0.15) is 5.82 Å². The molecule has 0 spiro atoms. The molecule has 1 aromatic heterocycles. The van der Waals surface area contributed by atoms with E-state index < -0.39 is 5.97 Å². The summed E-state index contributed by atoms with van der Waals surface area (Å²) in [7, 11) is 0. The predicted octanol–water partition coefficient (Wildman–Crippen LogP) is 3.00. The smallest absolute Gasteiger partial charge is 0.356 e. The lowest BCUT2D eigenvalue weighted by Gasteiger charge is -2.07. The number of hydrogen-bond acceptors (Lipinski definition) is 4. The van der Waals surface area contributed by atoms with Gasteiger partial charge >= 0.3 is 5.97 Å². The van der Waals surface area contributed by atoms with E-state index in [1.807, 2.05) is 0 Å². The van der Waals surface area contributed by atoms with Crippen LogP contribution in [0.25, 0.3) is 0 Å². The first-order valence-corrected chi connectivity index (χ1v) is 6.96. The van der Waals surface area contributed by atoms with Crippen LogP contribution in [0.3, 0.4) is 0 Å². The maximum absolute atomic E-state index is 10.9. The van der Waals surface area contributed by atoms with Crippen LogP contribution in [0.15, 0.2) is 6.20 Å². The van der Waals surface area contributed by atoms with Gasteiger partial charge in [0, 0.05) is 5.25 Å². The summed E-state index contributed by atoms with van der Waals surface area (Å²) in [6.45, 7) is 0. The van der Waals surface area contributed by atoms with Crippen LogP contribution in [0, 0.1) is 0 Å². The SMILES string of the molecule is O=C(O)c1nc(CSC2CCCC2)ncc1Cl. The summed E-state index contributed by atoms with van der Waals surface area (Å²) in [4.78, 5) is 18.9. The second kappa shape index (κ2) is 5.69. The van der Waals surface area contributed by atoms with Gasteiger partial charge in [-0.25, -0.2) is 14.8 Å². The molecular formula is C11H13ClN2O2S. The number of aromatic carboxylic acids is 1. The molecule has 1 N–H and O–H groups in total. The first-order valence-electron chi connectivity index (χ1n) is 5.53. The van der Waals surface area contributed by atoms with Crippen LogP contribution in [0.4, 0.5) is 0 Å². The summed E-state index contributed by atoms with van der Waals surface area (Å²) < 4.78 is 0. The Morgan fingerprint density at radius 2 is 2.24 bits per heavy atom. The average Bonchev–Trinajstić information content (AvgIpc) is 2.80. The van der Waals surface area contributed by atoms with E-state index >= 15 is 0 Å². The Hall–Kier alpha value is -0.810. The van der Waals surface area contributed by atoms with E-state index in [0.29, 0.717) is 16.8 Å². The van der Waals surface area contributed by atoms with Gasteiger partial charge in [-0.1, -0.05) is 24.4 Å². The molecular weight excluding hydrogens is 260 g/mol. The third kappa shape index (κ3) is 3.33. The fraction of sp³-hybridized carbons (Fsp3) is 0.545. The number of carbonyl (C=O) groups is 1. The van der Waals surface area contributed by atoms with E-state index in [2.05, 4.69) is 9.97 Å². The van der Waals surface area contributed by atoms with Gasteiger partial charge in [0.25, 0.3) is 0 Å². The largest absolute Gasteiger partial charge is 0.476 e. The molecule has 2 rings (SSSR count). The molecule has 1 heterocycles. The van der Waals surface area contributed by atoms with Crippen LogP contribution < -0.4 is 0 Å². The second-order valence-electron chi connectivity index (χ2n) is 4.01. The summed E-state index contributed by atoms with van der Waals surface area (Å²) in [6.07, 6.45) is 6.43. The molecule has 0 aromatic carbocycles. The standard InChI is InChI=1S/C11H13ClN2O2S/c12-8-5-13-9(14-10(8)11(15)16)6-17-7-3-1-2-4-7/h5,7H,1-4,6H2,(H,15,16). The van der Waals surface area contributed by atoms with Crippen LogP contribution in [0.5, 0.6) is 0 Å². The highest BCUT2D eigenvalue weighted by Crippen LogP contribution is 2.31.